The van der Waals surface area contributed by atoms with Gasteiger partial charge in [0.2, 0.25) is 11.8 Å². The molecule has 0 aliphatic rings. The monoisotopic (exact) mass is 259 g/mol. The molecule has 6 nitrogen and oxygen atoms in total. The maximum Gasteiger partial charge on any atom is 0.291 e. The summed E-state index contributed by atoms with van der Waals surface area (Å²) in [6, 6.07) is 9.87. The Morgan fingerprint density at radius 2 is 2.05 bits per heavy atom. The van der Waals surface area contributed by atoms with E-state index in [0.29, 0.717) is 6.54 Å². The minimum atomic E-state index is -0.206. The van der Waals surface area contributed by atoms with Gasteiger partial charge >= 0.3 is 0 Å². The minimum absolute atomic E-state index is 0.0547. The molecule has 3 N–H and O–H groups in total. The number of anilines is 1. The highest BCUT2D eigenvalue weighted by atomic mass is 16.2. The number of H-pyrrole nitrogens is 1. The molecule has 0 saturated carbocycles. The van der Waals surface area contributed by atoms with Gasteiger partial charge in [0.25, 0.3) is 5.91 Å². The summed E-state index contributed by atoms with van der Waals surface area (Å²) in [7, 11) is 0. The lowest BCUT2D eigenvalue weighted by atomic mass is 10.2. The van der Waals surface area contributed by atoms with Crippen molar-refractivity contribution in [3.63, 3.8) is 0 Å². The molecule has 1 heterocycles. The van der Waals surface area contributed by atoms with Crippen LogP contribution in [-0.4, -0.2) is 32.0 Å². The van der Waals surface area contributed by atoms with Crippen molar-refractivity contribution in [3.05, 3.63) is 41.7 Å². The number of aromatic nitrogens is 3. The van der Waals surface area contributed by atoms with Gasteiger partial charge in [0, 0.05) is 12.6 Å². The lowest BCUT2D eigenvalue weighted by molar-refractivity contribution is 0.0678. The number of rotatable bonds is 4. The lowest BCUT2D eigenvalue weighted by Crippen LogP contribution is -2.37. The summed E-state index contributed by atoms with van der Waals surface area (Å²) in [5.41, 5.74) is 6.49. The number of nitrogen functional groups attached to an aromatic ring is 1. The zero-order chi connectivity index (χ0) is 13.8. The minimum Gasteiger partial charge on any atom is -0.366 e. The van der Waals surface area contributed by atoms with Gasteiger partial charge in [-0.05, 0) is 19.4 Å². The van der Waals surface area contributed by atoms with Crippen molar-refractivity contribution in [2.75, 3.05) is 5.73 Å². The smallest absolute Gasteiger partial charge is 0.291 e. The van der Waals surface area contributed by atoms with E-state index >= 15 is 0 Å². The predicted octanol–water partition coefficient (Wildman–Crippen LogP) is 1.44. The average molecular weight is 259 g/mol. The van der Waals surface area contributed by atoms with Gasteiger partial charge in [-0.1, -0.05) is 30.3 Å². The van der Waals surface area contributed by atoms with Crippen molar-refractivity contribution in [2.45, 2.75) is 26.4 Å². The number of carbonyl (C=O) groups is 1. The molecular weight excluding hydrogens is 242 g/mol. The molecule has 0 aliphatic carbocycles. The molecule has 100 valence electrons. The van der Waals surface area contributed by atoms with E-state index in [2.05, 4.69) is 15.2 Å². The predicted molar refractivity (Wildman–Crippen MR) is 72.2 cm³/mol. The number of aromatic amines is 1. The van der Waals surface area contributed by atoms with Crippen molar-refractivity contribution in [1.29, 1.82) is 0 Å². The van der Waals surface area contributed by atoms with Crippen LogP contribution in [0.15, 0.2) is 30.3 Å². The summed E-state index contributed by atoms with van der Waals surface area (Å²) in [4.78, 5) is 17.9. The number of benzene rings is 1. The molecular formula is C13H17N5O. The molecule has 1 aromatic carbocycles. The zero-order valence-electron chi connectivity index (χ0n) is 11.0. The summed E-state index contributed by atoms with van der Waals surface area (Å²) >= 11 is 0. The number of hydrogen-bond donors (Lipinski definition) is 2. The second kappa shape index (κ2) is 5.51. The molecule has 0 bridgehead atoms. The molecule has 1 amide bonds. The second-order valence-corrected chi connectivity index (χ2v) is 4.55. The Morgan fingerprint density at radius 3 is 2.58 bits per heavy atom. The molecule has 0 radical (unpaired) electrons. The van der Waals surface area contributed by atoms with E-state index in [0.717, 1.165) is 5.56 Å². The molecule has 0 saturated heterocycles. The second-order valence-electron chi connectivity index (χ2n) is 4.55. The standard InChI is InChI=1S/C13H17N5O/c1-9(2)18(8-10-6-4-3-5-7-10)12(19)11-15-13(14)17-16-11/h3-7,9H,8H2,1-2H3,(H3,14,15,16,17). The van der Waals surface area contributed by atoms with Gasteiger partial charge in [0.1, 0.15) is 0 Å². The third-order valence-corrected chi connectivity index (χ3v) is 2.79. The maximum atomic E-state index is 12.3. The van der Waals surface area contributed by atoms with Crippen molar-refractivity contribution in [3.8, 4) is 0 Å². The third kappa shape index (κ3) is 3.09. The highest BCUT2D eigenvalue weighted by molar-refractivity contribution is 5.90. The number of nitrogens with two attached hydrogens (primary N) is 1. The number of hydrogen-bond acceptors (Lipinski definition) is 4. The van der Waals surface area contributed by atoms with E-state index in [1.54, 1.807) is 4.90 Å². The summed E-state index contributed by atoms with van der Waals surface area (Å²) in [6.07, 6.45) is 0. The Bertz CT molecular complexity index is 549. The fourth-order valence-electron chi connectivity index (χ4n) is 1.78. The molecule has 2 rings (SSSR count). The van der Waals surface area contributed by atoms with Crippen LogP contribution in [0.25, 0.3) is 0 Å². The van der Waals surface area contributed by atoms with Gasteiger partial charge in [0.15, 0.2) is 0 Å². The van der Waals surface area contributed by atoms with Crippen molar-refractivity contribution in [2.24, 2.45) is 0 Å². The van der Waals surface area contributed by atoms with E-state index in [9.17, 15) is 4.79 Å². The Kier molecular flexibility index (Phi) is 3.79. The van der Waals surface area contributed by atoms with Crippen LogP contribution < -0.4 is 5.73 Å². The molecule has 0 atom stereocenters. The summed E-state index contributed by atoms with van der Waals surface area (Å²) < 4.78 is 0. The van der Waals surface area contributed by atoms with Crippen LogP contribution >= 0.6 is 0 Å². The summed E-state index contributed by atoms with van der Waals surface area (Å²) in [5.74, 6) is 0.0388. The Labute approximate surface area is 111 Å². The fraction of sp³-hybridized carbons (Fsp3) is 0.308. The first kappa shape index (κ1) is 13.1. The van der Waals surface area contributed by atoms with E-state index in [4.69, 9.17) is 5.73 Å². The van der Waals surface area contributed by atoms with Crippen LogP contribution in [0, 0.1) is 0 Å². The number of carbonyl (C=O) groups excluding carboxylic acids is 1. The van der Waals surface area contributed by atoms with Crippen LogP contribution in [0.3, 0.4) is 0 Å². The first-order valence-electron chi connectivity index (χ1n) is 6.10. The van der Waals surface area contributed by atoms with Crippen LogP contribution in [0.1, 0.15) is 30.0 Å². The van der Waals surface area contributed by atoms with Crippen LogP contribution in [-0.2, 0) is 6.54 Å². The molecule has 19 heavy (non-hydrogen) atoms. The molecule has 0 spiro atoms. The molecule has 0 fully saturated rings. The van der Waals surface area contributed by atoms with Crippen molar-refractivity contribution >= 4 is 11.9 Å². The molecule has 1 aromatic heterocycles. The van der Waals surface area contributed by atoms with Crippen LogP contribution in [0.5, 0.6) is 0 Å². The Morgan fingerprint density at radius 1 is 1.37 bits per heavy atom. The maximum absolute atomic E-state index is 12.3. The topological polar surface area (TPSA) is 87.9 Å². The van der Waals surface area contributed by atoms with E-state index in [1.165, 1.54) is 0 Å². The highest BCUT2D eigenvalue weighted by Crippen LogP contribution is 2.11. The third-order valence-electron chi connectivity index (χ3n) is 2.79. The van der Waals surface area contributed by atoms with Crippen LogP contribution in [0.4, 0.5) is 5.95 Å². The van der Waals surface area contributed by atoms with Crippen LogP contribution in [0.2, 0.25) is 0 Å². The zero-order valence-corrected chi connectivity index (χ0v) is 11.0. The van der Waals surface area contributed by atoms with E-state index < -0.39 is 0 Å². The van der Waals surface area contributed by atoms with Crippen molar-refractivity contribution in [1.82, 2.24) is 20.1 Å². The van der Waals surface area contributed by atoms with Crippen molar-refractivity contribution < 1.29 is 4.79 Å². The number of nitrogens with zero attached hydrogens (tertiary/aromatic N) is 3. The largest absolute Gasteiger partial charge is 0.366 e. The lowest BCUT2D eigenvalue weighted by Gasteiger charge is -2.25. The van der Waals surface area contributed by atoms with Gasteiger partial charge in [-0.2, -0.15) is 4.98 Å². The normalized spacial score (nSPS) is 10.7. The fourth-order valence-corrected chi connectivity index (χ4v) is 1.78. The first-order chi connectivity index (χ1) is 9.08. The average Bonchev–Trinajstić information content (AvgIpc) is 2.83. The first-order valence-corrected chi connectivity index (χ1v) is 6.10. The number of amides is 1. The van der Waals surface area contributed by atoms with Gasteiger partial charge < -0.3 is 10.6 Å². The molecule has 0 aliphatic heterocycles. The van der Waals surface area contributed by atoms with Gasteiger partial charge in [-0.25, -0.2) is 0 Å². The van der Waals surface area contributed by atoms with Gasteiger partial charge in [-0.3, -0.25) is 9.89 Å². The summed E-state index contributed by atoms with van der Waals surface area (Å²) in [6.45, 7) is 4.44. The van der Waals surface area contributed by atoms with E-state index in [-0.39, 0.29) is 23.7 Å². The quantitative estimate of drug-likeness (QED) is 0.869. The van der Waals surface area contributed by atoms with E-state index in [1.807, 2.05) is 44.2 Å². The molecule has 0 unspecified atom stereocenters. The highest BCUT2D eigenvalue weighted by Gasteiger charge is 2.22. The number of nitrogens with one attached hydrogen (secondary N) is 1. The SMILES string of the molecule is CC(C)N(Cc1ccccc1)C(=O)c1nc(N)n[nH]1. The Balaban J connectivity index is 2.19. The van der Waals surface area contributed by atoms with Gasteiger partial charge in [0.05, 0.1) is 0 Å². The summed E-state index contributed by atoms with van der Waals surface area (Å²) in [5, 5.41) is 6.23. The molecule has 6 heteroatoms. The Hall–Kier alpha value is -2.37. The van der Waals surface area contributed by atoms with Gasteiger partial charge in [-0.15, -0.1) is 5.10 Å². The molecule has 2 aromatic rings.